The number of aromatic nitrogens is 2. The predicted molar refractivity (Wildman–Crippen MR) is 55.8 cm³/mol. The van der Waals surface area contributed by atoms with E-state index in [1.807, 2.05) is 13.1 Å². The first-order chi connectivity index (χ1) is 6.09. The summed E-state index contributed by atoms with van der Waals surface area (Å²) in [6, 6.07) is 0. The average molecular weight is 181 g/mol. The molecule has 0 amide bonds. The highest BCUT2D eigenvalue weighted by molar-refractivity contribution is 5.25. The third-order valence-corrected chi connectivity index (χ3v) is 2.43. The molecule has 1 unspecified atom stereocenters. The Morgan fingerprint density at radius 1 is 1.46 bits per heavy atom. The fourth-order valence-electron chi connectivity index (χ4n) is 0.996. The molecule has 0 saturated heterocycles. The smallest absolute Gasteiger partial charge is 0.200 e. The molecule has 0 radical (unpaired) electrons. The second kappa shape index (κ2) is 4.30. The Bertz CT molecular complexity index is 252. The minimum atomic E-state index is 0.672. The number of aromatic amines is 1. The molecule has 0 fully saturated rings. The zero-order valence-electron chi connectivity index (χ0n) is 8.89. The van der Waals surface area contributed by atoms with Crippen molar-refractivity contribution in [1.82, 2.24) is 9.97 Å². The van der Waals surface area contributed by atoms with Crippen LogP contribution in [-0.4, -0.2) is 16.5 Å². The van der Waals surface area contributed by atoms with E-state index in [0.717, 1.165) is 18.2 Å². The van der Waals surface area contributed by atoms with Crippen LogP contribution in [-0.2, 0) is 0 Å². The van der Waals surface area contributed by atoms with Crippen LogP contribution in [0.15, 0.2) is 6.20 Å². The SMILES string of the molecule is Cc1cnc(NCC(C)C(C)C)[nH]1. The van der Waals surface area contributed by atoms with E-state index in [2.05, 4.69) is 36.1 Å². The van der Waals surface area contributed by atoms with Crippen molar-refractivity contribution in [3.8, 4) is 0 Å². The number of nitrogens with zero attached hydrogens (tertiary/aromatic N) is 1. The molecule has 13 heavy (non-hydrogen) atoms. The van der Waals surface area contributed by atoms with Gasteiger partial charge in [-0.3, -0.25) is 0 Å². The summed E-state index contributed by atoms with van der Waals surface area (Å²) in [6.45, 7) is 9.70. The first kappa shape index (κ1) is 10.1. The zero-order chi connectivity index (χ0) is 9.84. The Kier molecular flexibility index (Phi) is 3.34. The Hall–Kier alpha value is -0.990. The van der Waals surface area contributed by atoms with Crippen LogP contribution in [0.4, 0.5) is 5.95 Å². The van der Waals surface area contributed by atoms with E-state index in [9.17, 15) is 0 Å². The molecule has 1 aromatic rings. The number of imidazole rings is 1. The van der Waals surface area contributed by atoms with Crippen molar-refractivity contribution in [1.29, 1.82) is 0 Å². The Morgan fingerprint density at radius 3 is 2.62 bits per heavy atom. The van der Waals surface area contributed by atoms with Crippen molar-refractivity contribution in [3.63, 3.8) is 0 Å². The van der Waals surface area contributed by atoms with Gasteiger partial charge in [0.05, 0.1) is 0 Å². The van der Waals surface area contributed by atoms with Gasteiger partial charge in [0, 0.05) is 18.4 Å². The van der Waals surface area contributed by atoms with E-state index in [1.54, 1.807) is 0 Å². The number of nitrogens with one attached hydrogen (secondary N) is 2. The van der Waals surface area contributed by atoms with Crippen molar-refractivity contribution >= 4 is 5.95 Å². The van der Waals surface area contributed by atoms with E-state index in [1.165, 1.54) is 0 Å². The van der Waals surface area contributed by atoms with Gasteiger partial charge in [-0.25, -0.2) is 4.98 Å². The van der Waals surface area contributed by atoms with E-state index >= 15 is 0 Å². The molecule has 3 heteroatoms. The molecule has 0 aliphatic carbocycles. The van der Waals surface area contributed by atoms with Crippen LogP contribution in [0, 0.1) is 18.8 Å². The fourth-order valence-corrected chi connectivity index (χ4v) is 0.996. The molecule has 0 aliphatic rings. The summed E-state index contributed by atoms with van der Waals surface area (Å²) >= 11 is 0. The van der Waals surface area contributed by atoms with Gasteiger partial charge in [-0.05, 0) is 18.8 Å². The van der Waals surface area contributed by atoms with Crippen molar-refractivity contribution in [2.24, 2.45) is 11.8 Å². The summed E-state index contributed by atoms with van der Waals surface area (Å²) in [6.07, 6.45) is 1.84. The van der Waals surface area contributed by atoms with Crippen molar-refractivity contribution in [3.05, 3.63) is 11.9 Å². The van der Waals surface area contributed by atoms with Gasteiger partial charge in [-0.15, -0.1) is 0 Å². The number of hydrogen-bond acceptors (Lipinski definition) is 2. The number of H-pyrrole nitrogens is 1. The van der Waals surface area contributed by atoms with E-state index in [4.69, 9.17) is 0 Å². The molecule has 74 valence electrons. The summed E-state index contributed by atoms with van der Waals surface area (Å²) in [4.78, 5) is 7.33. The maximum atomic E-state index is 4.18. The van der Waals surface area contributed by atoms with Crippen molar-refractivity contribution in [2.45, 2.75) is 27.7 Å². The summed E-state index contributed by atoms with van der Waals surface area (Å²) in [5.74, 6) is 2.26. The van der Waals surface area contributed by atoms with Gasteiger partial charge in [-0.1, -0.05) is 20.8 Å². The Labute approximate surface area is 80.0 Å². The Morgan fingerprint density at radius 2 is 2.15 bits per heavy atom. The lowest BCUT2D eigenvalue weighted by molar-refractivity contribution is 0.439. The third-order valence-electron chi connectivity index (χ3n) is 2.43. The number of hydrogen-bond donors (Lipinski definition) is 2. The van der Waals surface area contributed by atoms with Crippen LogP contribution in [0.3, 0.4) is 0 Å². The summed E-state index contributed by atoms with van der Waals surface area (Å²) in [5.41, 5.74) is 1.10. The maximum absolute atomic E-state index is 4.18. The van der Waals surface area contributed by atoms with Gasteiger partial charge in [0.15, 0.2) is 5.95 Å². The van der Waals surface area contributed by atoms with Gasteiger partial charge in [0.1, 0.15) is 0 Å². The second-order valence-electron chi connectivity index (χ2n) is 4.02. The molecule has 2 N–H and O–H groups in total. The van der Waals surface area contributed by atoms with Crippen LogP contribution < -0.4 is 5.32 Å². The largest absolute Gasteiger partial charge is 0.356 e. The van der Waals surface area contributed by atoms with Crippen LogP contribution in [0.5, 0.6) is 0 Å². The molecule has 0 aliphatic heterocycles. The van der Waals surface area contributed by atoms with Gasteiger partial charge in [0.2, 0.25) is 0 Å². The lowest BCUT2D eigenvalue weighted by Crippen LogP contribution is -2.16. The van der Waals surface area contributed by atoms with E-state index < -0.39 is 0 Å². The van der Waals surface area contributed by atoms with Gasteiger partial charge in [0.25, 0.3) is 0 Å². The molecule has 0 aromatic carbocycles. The fraction of sp³-hybridized carbons (Fsp3) is 0.700. The standard InChI is InChI=1S/C10H19N3/c1-7(2)8(3)5-11-10-12-6-9(4)13-10/h6-8H,5H2,1-4H3,(H2,11,12,13). The Balaban J connectivity index is 2.35. The molecule has 0 saturated carbocycles. The van der Waals surface area contributed by atoms with Crippen LogP contribution in [0.1, 0.15) is 26.5 Å². The van der Waals surface area contributed by atoms with Crippen LogP contribution >= 0.6 is 0 Å². The van der Waals surface area contributed by atoms with E-state index in [-0.39, 0.29) is 0 Å². The number of aryl methyl sites for hydroxylation is 1. The van der Waals surface area contributed by atoms with Gasteiger partial charge >= 0.3 is 0 Å². The first-order valence-corrected chi connectivity index (χ1v) is 4.85. The maximum Gasteiger partial charge on any atom is 0.200 e. The lowest BCUT2D eigenvalue weighted by atomic mass is 9.98. The van der Waals surface area contributed by atoms with E-state index in [0.29, 0.717) is 11.8 Å². The monoisotopic (exact) mass is 181 g/mol. The molecule has 1 aromatic heterocycles. The van der Waals surface area contributed by atoms with Gasteiger partial charge in [-0.2, -0.15) is 0 Å². The normalized spacial score (nSPS) is 13.3. The predicted octanol–water partition coefficient (Wildman–Crippen LogP) is 2.42. The van der Waals surface area contributed by atoms with Crippen molar-refractivity contribution < 1.29 is 0 Å². The molecular formula is C10H19N3. The highest BCUT2D eigenvalue weighted by Crippen LogP contribution is 2.10. The average Bonchev–Trinajstić information content (AvgIpc) is 2.47. The summed E-state index contributed by atoms with van der Waals surface area (Å²) in [7, 11) is 0. The van der Waals surface area contributed by atoms with Crippen LogP contribution in [0.2, 0.25) is 0 Å². The number of rotatable bonds is 4. The lowest BCUT2D eigenvalue weighted by Gasteiger charge is -2.15. The minimum absolute atomic E-state index is 0.672. The highest BCUT2D eigenvalue weighted by Gasteiger charge is 2.06. The molecule has 1 heterocycles. The minimum Gasteiger partial charge on any atom is -0.356 e. The molecule has 0 spiro atoms. The zero-order valence-corrected chi connectivity index (χ0v) is 8.89. The third kappa shape index (κ3) is 3.09. The van der Waals surface area contributed by atoms with Crippen molar-refractivity contribution in [2.75, 3.05) is 11.9 Å². The first-order valence-electron chi connectivity index (χ1n) is 4.85. The molecule has 1 rings (SSSR count). The molecule has 0 bridgehead atoms. The van der Waals surface area contributed by atoms with Crippen LogP contribution in [0.25, 0.3) is 0 Å². The second-order valence-corrected chi connectivity index (χ2v) is 4.02. The molecular weight excluding hydrogens is 162 g/mol. The molecule has 1 atom stereocenters. The topological polar surface area (TPSA) is 40.7 Å². The number of anilines is 1. The summed E-state index contributed by atoms with van der Waals surface area (Å²) in [5, 5.41) is 3.28. The highest BCUT2D eigenvalue weighted by atomic mass is 15.1. The summed E-state index contributed by atoms with van der Waals surface area (Å²) < 4.78 is 0. The van der Waals surface area contributed by atoms with Gasteiger partial charge < -0.3 is 10.3 Å². The molecule has 3 nitrogen and oxygen atoms in total. The quantitative estimate of drug-likeness (QED) is 0.749.